The molecule has 2 atom stereocenters. The Hall–Kier alpha value is -2.69. The molecular weight excluding hydrogens is 342 g/mol. The third-order valence-electron chi connectivity index (χ3n) is 5.89. The lowest BCUT2D eigenvalue weighted by molar-refractivity contribution is -0.169. The number of carbonyl (C=O) groups is 1. The number of β-lactam (4-membered cyclic amide) rings is 1. The van der Waals surface area contributed by atoms with Gasteiger partial charge in [-0.05, 0) is 49.1 Å². The number of para-hydroxylation sites is 1. The van der Waals surface area contributed by atoms with Crippen LogP contribution >= 0.6 is 0 Å². The lowest BCUT2D eigenvalue weighted by Gasteiger charge is -2.50. The summed E-state index contributed by atoms with van der Waals surface area (Å²) in [6.45, 7) is 2.25. The fourth-order valence-electron chi connectivity index (χ4n) is 4.45. The number of fused-ring (bicyclic) bond motifs is 1. The Morgan fingerprint density at radius 3 is 2.63 bits per heavy atom. The minimum atomic E-state index is -0.493. The van der Waals surface area contributed by atoms with Crippen LogP contribution in [0.3, 0.4) is 0 Å². The number of hydrogen-bond donors (Lipinski definition) is 0. The van der Waals surface area contributed by atoms with E-state index < -0.39 is 6.10 Å². The van der Waals surface area contributed by atoms with E-state index in [-0.39, 0.29) is 18.7 Å². The molecule has 3 aliphatic rings. The van der Waals surface area contributed by atoms with Gasteiger partial charge in [-0.25, -0.2) is 0 Å². The van der Waals surface area contributed by atoms with Gasteiger partial charge < -0.3 is 19.1 Å². The first kappa shape index (κ1) is 16.5. The SMILES string of the molecule is Cc1ccccc1O[C@@H]1C(=O)N(C2CCCC2)[C@@H]1c1ccc2c(c1)OCO2. The average Bonchev–Trinajstić information content (AvgIpc) is 3.36. The summed E-state index contributed by atoms with van der Waals surface area (Å²) in [6.07, 6.45) is 4.03. The van der Waals surface area contributed by atoms with E-state index in [0.717, 1.165) is 41.2 Å². The molecule has 140 valence electrons. The van der Waals surface area contributed by atoms with E-state index in [1.807, 2.05) is 54.3 Å². The van der Waals surface area contributed by atoms with Gasteiger partial charge in [0.1, 0.15) is 11.8 Å². The first-order valence-corrected chi connectivity index (χ1v) is 9.66. The van der Waals surface area contributed by atoms with Gasteiger partial charge in [0.2, 0.25) is 12.9 Å². The van der Waals surface area contributed by atoms with Gasteiger partial charge in [0, 0.05) is 6.04 Å². The van der Waals surface area contributed by atoms with Crippen molar-refractivity contribution in [3.8, 4) is 17.2 Å². The Labute approximate surface area is 158 Å². The summed E-state index contributed by atoms with van der Waals surface area (Å²) in [4.78, 5) is 15.1. The van der Waals surface area contributed by atoms with Crippen LogP contribution in [0.1, 0.15) is 42.9 Å². The molecule has 0 spiro atoms. The minimum Gasteiger partial charge on any atom is -0.478 e. The van der Waals surface area contributed by atoms with Crippen molar-refractivity contribution in [3.63, 3.8) is 0 Å². The molecule has 2 heterocycles. The molecule has 0 N–H and O–H groups in total. The van der Waals surface area contributed by atoms with E-state index in [0.29, 0.717) is 6.04 Å². The molecule has 0 unspecified atom stereocenters. The molecule has 5 rings (SSSR count). The Bertz CT molecular complexity index is 874. The van der Waals surface area contributed by atoms with Crippen LogP contribution in [0.15, 0.2) is 42.5 Å². The van der Waals surface area contributed by atoms with E-state index in [1.165, 1.54) is 12.8 Å². The fourth-order valence-corrected chi connectivity index (χ4v) is 4.45. The third-order valence-corrected chi connectivity index (χ3v) is 5.89. The highest BCUT2D eigenvalue weighted by Crippen LogP contribution is 2.45. The number of carbonyl (C=O) groups excluding carboxylic acids is 1. The van der Waals surface area contributed by atoms with Crippen molar-refractivity contribution >= 4 is 5.91 Å². The standard InChI is InChI=1S/C22H23NO4/c1-14-6-2-5-9-17(14)27-21-20(23(22(21)24)16-7-3-4-8-16)15-10-11-18-19(12-15)26-13-25-18/h2,5-6,9-12,16,20-21H,3-4,7-8,13H2,1H3/t20-,21+/m1/s1. The van der Waals surface area contributed by atoms with Crippen molar-refractivity contribution in [2.24, 2.45) is 0 Å². The van der Waals surface area contributed by atoms with Crippen LogP contribution in [0.5, 0.6) is 17.2 Å². The summed E-state index contributed by atoms with van der Waals surface area (Å²) in [5.74, 6) is 2.36. The van der Waals surface area contributed by atoms with E-state index in [1.54, 1.807) is 0 Å². The summed E-state index contributed by atoms with van der Waals surface area (Å²) < 4.78 is 17.2. The Balaban J connectivity index is 1.48. The second-order valence-electron chi connectivity index (χ2n) is 7.55. The summed E-state index contributed by atoms with van der Waals surface area (Å²) >= 11 is 0. The lowest BCUT2D eigenvalue weighted by atomic mass is 9.87. The Kier molecular flexibility index (Phi) is 3.96. The molecule has 2 aromatic carbocycles. The maximum atomic E-state index is 13.0. The van der Waals surface area contributed by atoms with Gasteiger partial charge in [0.25, 0.3) is 5.91 Å². The molecule has 0 aromatic heterocycles. The zero-order valence-electron chi connectivity index (χ0n) is 15.4. The van der Waals surface area contributed by atoms with Crippen LogP contribution in [0.25, 0.3) is 0 Å². The predicted octanol–water partition coefficient (Wildman–Crippen LogP) is 4.00. The van der Waals surface area contributed by atoms with Crippen molar-refractivity contribution in [2.45, 2.75) is 50.8 Å². The van der Waals surface area contributed by atoms with Crippen LogP contribution < -0.4 is 14.2 Å². The van der Waals surface area contributed by atoms with Crippen molar-refractivity contribution in [2.75, 3.05) is 6.79 Å². The van der Waals surface area contributed by atoms with E-state index in [2.05, 4.69) is 0 Å². The minimum absolute atomic E-state index is 0.0882. The van der Waals surface area contributed by atoms with Gasteiger partial charge >= 0.3 is 0 Å². The van der Waals surface area contributed by atoms with Crippen LogP contribution in [-0.2, 0) is 4.79 Å². The third kappa shape index (κ3) is 2.73. The maximum Gasteiger partial charge on any atom is 0.267 e. The molecular formula is C22H23NO4. The number of nitrogens with zero attached hydrogens (tertiary/aromatic N) is 1. The summed E-state index contributed by atoms with van der Waals surface area (Å²) in [5, 5.41) is 0. The quantitative estimate of drug-likeness (QED) is 0.769. The number of hydrogen-bond acceptors (Lipinski definition) is 4. The van der Waals surface area contributed by atoms with Crippen LogP contribution in [0.2, 0.25) is 0 Å². The molecule has 2 aromatic rings. The van der Waals surface area contributed by atoms with Crippen LogP contribution in [-0.4, -0.2) is 29.7 Å². The number of likely N-dealkylation sites (tertiary alicyclic amines) is 1. The second kappa shape index (κ2) is 6.48. The van der Waals surface area contributed by atoms with Gasteiger partial charge in [0.15, 0.2) is 11.5 Å². The molecule has 1 aliphatic carbocycles. The molecule has 1 amide bonds. The molecule has 2 fully saturated rings. The van der Waals surface area contributed by atoms with Crippen molar-refractivity contribution in [1.29, 1.82) is 0 Å². The summed E-state index contributed by atoms with van der Waals surface area (Å²) in [7, 11) is 0. The normalized spacial score (nSPS) is 24.2. The van der Waals surface area contributed by atoms with Crippen molar-refractivity contribution < 1.29 is 19.0 Å². The molecule has 1 saturated heterocycles. The summed E-state index contributed by atoms with van der Waals surface area (Å²) in [6, 6.07) is 14.0. The topological polar surface area (TPSA) is 48.0 Å². The van der Waals surface area contributed by atoms with E-state index in [4.69, 9.17) is 14.2 Å². The van der Waals surface area contributed by atoms with Gasteiger partial charge in [-0.3, -0.25) is 4.79 Å². The maximum absolute atomic E-state index is 13.0. The number of benzene rings is 2. The zero-order valence-corrected chi connectivity index (χ0v) is 15.4. The van der Waals surface area contributed by atoms with Crippen molar-refractivity contribution in [1.82, 2.24) is 4.90 Å². The number of amides is 1. The van der Waals surface area contributed by atoms with Gasteiger partial charge in [0.05, 0.1) is 0 Å². The van der Waals surface area contributed by atoms with E-state index in [9.17, 15) is 4.79 Å². The lowest BCUT2D eigenvalue weighted by Crippen LogP contribution is -2.64. The van der Waals surface area contributed by atoms with Crippen LogP contribution in [0.4, 0.5) is 0 Å². The molecule has 2 aliphatic heterocycles. The number of rotatable bonds is 4. The Morgan fingerprint density at radius 2 is 1.81 bits per heavy atom. The average molecular weight is 365 g/mol. The molecule has 5 nitrogen and oxygen atoms in total. The largest absolute Gasteiger partial charge is 0.478 e. The molecule has 0 radical (unpaired) electrons. The monoisotopic (exact) mass is 365 g/mol. The second-order valence-corrected chi connectivity index (χ2v) is 7.55. The predicted molar refractivity (Wildman–Crippen MR) is 100 cm³/mol. The molecule has 0 bridgehead atoms. The molecule has 1 saturated carbocycles. The Morgan fingerprint density at radius 1 is 1.04 bits per heavy atom. The first-order valence-electron chi connectivity index (χ1n) is 9.66. The van der Waals surface area contributed by atoms with Crippen LogP contribution in [0, 0.1) is 6.92 Å². The van der Waals surface area contributed by atoms with Gasteiger partial charge in [-0.2, -0.15) is 0 Å². The number of aryl methyl sites for hydroxylation is 1. The highest BCUT2D eigenvalue weighted by atomic mass is 16.7. The highest BCUT2D eigenvalue weighted by molar-refractivity contribution is 5.89. The van der Waals surface area contributed by atoms with E-state index >= 15 is 0 Å². The molecule has 27 heavy (non-hydrogen) atoms. The smallest absolute Gasteiger partial charge is 0.267 e. The first-order chi connectivity index (χ1) is 13.2. The fraction of sp³-hybridized carbons (Fsp3) is 0.409. The van der Waals surface area contributed by atoms with Crippen molar-refractivity contribution in [3.05, 3.63) is 53.6 Å². The molecule has 5 heteroatoms. The van der Waals surface area contributed by atoms with Gasteiger partial charge in [-0.1, -0.05) is 37.1 Å². The zero-order chi connectivity index (χ0) is 18.4. The summed E-state index contributed by atoms with van der Waals surface area (Å²) in [5.41, 5.74) is 2.08. The highest BCUT2D eigenvalue weighted by Gasteiger charge is 2.53. The van der Waals surface area contributed by atoms with Gasteiger partial charge in [-0.15, -0.1) is 0 Å². The number of ether oxygens (including phenoxy) is 3.